The van der Waals surface area contributed by atoms with Crippen molar-refractivity contribution in [1.82, 2.24) is 10.3 Å². The molecule has 0 spiro atoms. The van der Waals surface area contributed by atoms with Crippen LogP contribution in [-0.2, 0) is 0 Å². The predicted octanol–water partition coefficient (Wildman–Crippen LogP) is 3.71. The number of aromatic nitrogens is 1. The van der Waals surface area contributed by atoms with Crippen LogP contribution in [0.3, 0.4) is 0 Å². The molecule has 0 saturated heterocycles. The number of oxazole rings is 1. The molecular formula is C14H24N2OS. The molecule has 0 radical (unpaired) electrons. The second-order valence-electron chi connectivity index (χ2n) is 5.77. The highest BCUT2D eigenvalue weighted by Crippen LogP contribution is 2.42. The van der Waals surface area contributed by atoms with Crippen LogP contribution >= 0.6 is 11.8 Å². The maximum atomic E-state index is 5.38. The van der Waals surface area contributed by atoms with Crippen molar-refractivity contribution in [3.63, 3.8) is 0 Å². The first-order valence-electron chi connectivity index (χ1n) is 6.93. The molecule has 0 aromatic carbocycles. The van der Waals surface area contributed by atoms with E-state index in [4.69, 9.17) is 4.42 Å². The molecule has 1 N–H and O–H groups in total. The molecule has 4 heteroatoms. The largest absolute Gasteiger partial charge is 0.440 e. The fourth-order valence-electron chi connectivity index (χ4n) is 2.82. The molecule has 1 saturated carbocycles. The number of hydrogen-bond acceptors (Lipinski definition) is 4. The van der Waals surface area contributed by atoms with E-state index in [0.29, 0.717) is 16.7 Å². The van der Waals surface area contributed by atoms with E-state index >= 15 is 0 Å². The topological polar surface area (TPSA) is 38.1 Å². The molecule has 1 aromatic rings. The Morgan fingerprint density at radius 3 is 3.06 bits per heavy atom. The molecule has 1 aromatic heterocycles. The van der Waals surface area contributed by atoms with E-state index in [2.05, 4.69) is 31.1 Å². The Morgan fingerprint density at radius 2 is 2.39 bits per heavy atom. The summed E-state index contributed by atoms with van der Waals surface area (Å²) in [6, 6.07) is 0.545. The minimum absolute atomic E-state index is 0.359. The quantitative estimate of drug-likeness (QED) is 0.883. The van der Waals surface area contributed by atoms with Crippen molar-refractivity contribution in [1.29, 1.82) is 0 Å². The van der Waals surface area contributed by atoms with Gasteiger partial charge in [0.25, 0.3) is 5.22 Å². The minimum atomic E-state index is 0.359. The summed E-state index contributed by atoms with van der Waals surface area (Å²) >= 11 is 1.79. The van der Waals surface area contributed by atoms with E-state index in [9.17, 15) is 0 Å². The molecule has 18 heavy (non-hydrogen) atoms. The Hall–Kier alpha value is -0.480. The molecule has 2 atom stereocenters. The van der Waals surface area contributed by atoms with Gasteiger partial charge in [-0.1, -0.05) is 39.0 Å². The second-order valence-corrected chi connectivity index (χ2v) is 6.96. The molecule has 2 unspecified atom stereocenters. The Bertz CT molecular complexity index is 351. The van der Waals surface area contributed by atoms with Gasteiger partial charge in [-0.3, -0.25) is 0 Å². The first kappa shape index (κ1) is 13.9. The van der Waals surface area contributed by atoms with Crippen molar-refractivity contribution in [3.8, 4) is 0 Å². The van der Waals surface area contributed by atoms with Gasteiger partial charge in [0.1, 0.15) is 6.26 Å². The summed E-state index contributed by atoms with van der Waals surface area (Å²) in [6.07, 6.45) is 8.42. The van der Waals surface area contributed by atoms with Crippen molar-refractivity contribution in [3.05, 3.63) is 12.5 Å². The molecule has 0 amide bonds. The lowest BCUT2D eigenvalue weighted by Gasteiger charge is -2.44. The van der Waals surface area contributed by atoms with E-state index in [1.54, 1.807) is 24.2 Å². The fourth-order valence-corrected chi connectivity index (χ4v) is 4.19. The van der Waals surface area contributed by atoms with Gasteiger partial charge in [0.05, 0.1) is 6.20 Å². The second kappa shape index (κ2) is 6.11. The lowest BCUT2D eigenvalue weighted by Crippen LogP contribution is -2.51. The van der Waals surface area contributed by atoms with Crippen LogP contribution in [0.25, 0.3) is 0 Å². The first-order valence-corrected chi connectivity index (χ1v) is 7.81. The number of nitrogens with one attached hydrogen (secondary N) is 1. The third kappa shape index (κ3) is 3.29. The van der Waals surface area contributed by atoms with Crippen LogP contribution in [0.5, 0.6) is 0 Å². The molecule has 2 rings (SSSR count). The third-order valence-corrected chi connectivity index (χ3v) is 5.01. The lowest BCUT2D eigenvalue weighted by molar-refractivity contribution is 0.174. The zero-order valence-corrected chi connectivity index (χ0v) is 12.4. The van der Waals surface area contributed by atoms with Gasteiger partial charge < -0.3 is 9.73 Å². The van der Waals surface area contributed by atoms with Gasteiger partial charge in [-0.2, -0.15) is 0 Å². The van der Waals surface area contributed by atoms with Crippen LogP contribution in [-0.4, -0.2) is 22.8 Å². The summed E-state index contributed by atoms with van der Waals surface area (Å²) in [4.78, 5) is 4.24. The summed E-state index contributed by atoms with van der Waals surface area (Å²) in [5, 5.41) is 5.11. The van der Waals surface area contributed by atoms with Crippen molar-refractivity contribution in [2.45, 2.75) is 63.0 Å². The summed E-state index contributed by atoms with van der Waals surface area (Å²) in [5.74, 6) is 0. The molecule has 3 nitrogen and oxygen atoms in total. The zero-order chi connectivity index (χ0) is 13.0. The summed E-state index contributed by atoms with van der Waals surface area (Å²) in [5.41, 5.74) is 0.359. The standard InChI is InChI=1S/C14H24N2OS/c1-4-8-15-12-11(6-5-7-14(12,2)3)18-13-16-9-10-17-13/h9-12,15H,4-8H2,1-3H3. The van der Waals surface area contributed by atoms with Crippen molar-refractivity contribution in [2.24, 2.45) is 5.41 Å². The van der Waals surface area contributed by atoms with E-state index in [1.165, 1.54) is 25.7 Å². The predicted molar refractivity (Wildman–Crippen MR) is 75.9 cm³/mol. The van der Waals surface area contributed by atoms with Gasteiger partial charge in [0, 0.05) is 11.3 Å². The minimum Gasteiger partial charge on any atom is -0.440 e. The Morgan fingerprint density at radius 1 is 1.56 bits per heavy atom. The maximum absolute atomic E-state index is 5.38. The molecule has 0 bridgehead atoms. The normalized spacial score (nSPS) is 27.3. The number of hydrogen-bond donors (Lipinski definition) is 1. The Kier molecular flexibility index (Phi) is 4.73. The van der Waals surface area contributed by atoms with Crippen molar-refractivity contribution in [2.75, 3.05) is 6.54 Å². The van der Waals surface area contributed by atoms with Crippen LogP contribution in [0.1, 0.15) is 46.5 Å². The van der Waals surface area contributed by atoms with Crippen LogP contribution in [0, 0.1) is 5.41 Å². The van der Waals surface area contributed by atoms with Gasteiger partial charge >= 0.3 is 0 Å². The average molecular weight is 268 g/mol. The third-order valence-electron chi connectivity index (χ3n) is 3.80. The first-order chi connectivity index (χ1) is 8.63. The SMILES string of the molecule is CCCNC1C(Sc2ncco2)CCCC1(C)C. The van der Waals surface area contributed by atoms with E-state index in [-0.39, 0.29) is 0 Å². The Balaban J connectivity index is 2.05. The van der Waals surface area contributed by atoms with Gasteiger partial charge in [0.2, 0.25) is 0 Å². The summed E-state index contributed by atoms with van der Waals surface area (Å²) in [7, 11) is 0. The maximum Gasteiger partial charge on any atom is 0.255 e. The zero-order valence-electron chi connectivity index (χ0n) is 11.6. The average Bonchev–Trinajstić information content (AvgIpc) is 2.80. The van der Waals surface area contributed by atoms with Gasteiger partial charge in [-0.25, -0.2) is 4.98 Å². The molecule has 1 fully saturated rings. The number of thioether (sulfide) groups is 1. The van der Waals surface area contributed by atoms with Gasteiger partial charge in [-0.15, -0.1) is 0 Å². The molecule has 1 aliphatic rings. The van der Waals surface area contributed by atoms with E-state index in [1.807, 2.05) is 0 Å². The Labute approximate surface area is 114 Å². The van der Waals surface area contributed by atoms with Crippen LogP contribution in [0.4, 0.5) is 0 Å². The summed E-state index contributed by atoms with van der Waals surface area (Å²) in [6.45, 7) is 8.07. The number of rotatable bonds is 5. The van der Waals surface area contributed by atoms with E-state index in [0.717, 1.165) is 11.8 Å². The van der Waals surface area contributed by atoms with Crippen molar-refractivity contribution < 1.29 is 4.42 Å². The van der Waals surface area contributed by atoms with Crippen molar-refractivity contribution >= 4 is 11.8 Å². The molecule has 102 valence electrons. The highest BCUT2D eigenvalue weighted by molar-refractivity contribution is 7.99. The van der Waals surface area contributed by atoms with Gasteiger partial charge in [0.15, 0.2) is 0 Å². The molecular weight excluding hydrogens is 244 g/mol. The highest BCUT2D eigenvalue weighted by Gasteiger charge is 2.39. The van der Waals surface area contributed by atoms with E-state index < -0.39 is 0 Å². The van der Waals surface area contributed by atoms with Crippen LogP contribution in [0.2, 0.25) is 0 Å². The lowest BCUT2D eigenvalue weighted by atomic mass is 9.73. The van der Waals surface area contributed by atoms with Crippen LogP contribution in [0.15, 0.2) is 22.1 Å². The fraction of sp³-hybridized carbons (Fsp3) is 0.786. The highest BCUT2D eigenvalue weighted by atomic mass is 32.2. The molecule has 1 aliphatic carbocycles. The van der Waals surface area contributed by atoms with Crippen LogP contribution < -0.4 is 5.32 Å². The monoisotopic (exact) mass is 268 g/mol. The van der Waals surface area contributed by atoms with Gasteiger partial charge in [-0.05, 0) is 31.2 Å². The molecule has 0 aliphatic heterocycles. The smallest absolute Gasteiger partial charge is 0.255 e. The summed E-state index contributed by atoms with van der Waals surface area (Å²) < 4.78 is 5.38. The number of nitrogens with zero attached hydrogens (tertiary/aromatic N) is 1. The molecule has 1 heterocycles.